The van der Waals surface area contributed by atoms with Gasteiger partial charge < -0.3 is 20.5 Å². The molecule has 0 spiro atoms. The van der Waals surface area contributed by atoms with E-state index < -0.39 is 11.9 Å². The summed E-state index contributed by atoms with van der Waals surface area (Å²) in [6.07, 6.45) is 2.35. The van der Waals surface area contributed by atoms with Crippen LogP contribution >= 0.6 is 11.3 Å². The van der Waals surface area contributed by atoms with E-state index in [-0.39, 0.29) is 22.2 Å². The molecular formula is C13H18N2O4S. The normalized spacial score (nSPS) is 15.6. The lowest BCUT2D eigenvalue weighted by atomic mass is 10.2. The molecule has 1 aliphatic rings. The van der Waals surface area contributed by atoms with Crippen molar-refractivity contribution in [1.82, 2.24) is 0 Å². The number of rotatable bonds is 5. The number of methoxy groups -OCH3 is 2. The van der Waals surface area contributed by atoms with Gasteiger partial charge in [-0.15, -0.1) is 11.3 Å². The van der Waals surface area contributed by atoms with Crippen molar-refractivity contribution in [1.29, 1.82) is 0 Å². The number of carbonyl (C=O) groups is 2. The Bertz CT molecular complexity index is 537. The summed E-state index contributed by atoms with van der Waals surface area (Å²) in [5.74, 6) is -0.505. The van der Waals surface area contributed by atoms with Crippen LogP contribution in [-0.2, 0) is 9.47 Å². The lowest BCUT2D eigenvalue weighted by molar-refractivity contribution is 0.0602. The Morgan fingerprint density at radius 3 is 2.40 bits per heavy atom. The van der Waals surface area contributed by atoms with Crippen LogP contribution in [0.25, 0.3) is 0 Å². The Morgan fingerprint density at radius 2 is 1.90 bits per heavy atom. The fourth-order valence-electron chi connectivity index (χ4n) is 2.02. The minimum absolute atomic E-state index is 0.110. The molecule has 1 aliphatic carbocycles. The van der Waals surface area contributed by atoms with Gasteiger partial charge in [-0.05, 0) is 25.7 Å². The predicted octanol–water partition coefficient (Wildman–Crippen LogP) is 2.11. The Hall–Kier alpha value is -1.76. The molecule has 1 saturated carbocycles. The van der Waals surface area contributed by atoms with E-state index in [9.17, 15) is 9.59 Å². The van der Waals surface area contributed by atoms with Crippen LogP contribution in [0.5, 0.6) is 0 Å². The molecule has 0 bridgehead atoms. The molecule has 1 atom stereocenters. The van der Waals surface area contributed by atoms with Crippen molar-refractivity contribution in [2.24, 2.45) is 5.92 Å². The fourth-order valence-corrected chi connectivity index (χ4v) is 3.14. The van der Waals surface area contributed by atoms with Gasteiger partial charge in [0.15, 0.2) is 0 Å². The van der Waals surface area contributed by atoms with Crippen molar-refractivity contribution < 1.29 is 19.1 Å². The van der Waals surface area contributed by atoms with Crippen LogP contribution in [0.3, 0.4) is 0 Å². The summed E-state index contributed by atoms with van der Waals surface area (Å²) < 4.78 is 9.41. The topological polar surface area (TPSA) is 90.6 Å². The second-order valence-electron chi connectivity index (χ2n) is 4.80. The minimum Gasteiger partial charge on any atom is -0.465 e. The Morgan fingerprint density at radius 1 is 1.30 bits per heavy atom. The van der Waals surface area contributed by atoms with Gasteiger partial charge in [0.25, 0.3) is 0 Å². The maximum absolute atomic E-state index is 11.9. The molecule has 110 valence electrons. The van der Waals surface area contributed by atoms with Gasteiger partial charge in [-0.3, -0.25) is 0 Å². The molecule has 1 unspecified atom stereocenters. The van der Waals surface area contributed by atoms with E-state index in [1.807, 2.05) is 6.92 Å². The Labute approximate surface area is 121 Å². The van der Waals surface area contributed by atoms with Gasteiger partial charge in [0, 0.05) is 6.04 Å². The van der Waals surface area contributed by atoms with Crippen molar-refractivity contribution in [3.05, 3.63) is 10.4 Å². The van der Waals surface area contributed by atoms with Gasteiger partial charge in [-0.25, -0.2) is 9.59 Å². The van der Waals surface area contributed by atoms with Gasteiger partial charge in [0.2, 0.25) is 0 Å². The van der Waals surface area contributed by atoms with Crippen LogP contribution in [0.2, 0.25) is 0 Å². The molecule has 0 amide bonds. The maximum Gasteiger partial charge on any atom is 0.350 e. The summed E-state index contributed by atoms with van der Waals surface area (Å²) in [6.45, 7) is 2.05. The van der Waals surface area contributed by atoms with Crippen molar-refractivity contribution in [2.75, 3.05) is 25.3 Å². The molecule has 0 aliphatic heterocycles. The van der Waals surface area contributed by atoms with Crippen LogP contribution in [0, 0.1) is 5.92 Å². The highest BCUT2D eigenvalue weighted by atomic mass is 32.1. The Balaban J connectivity index is 2.36. The van der Waals surface area contributed by atoms with Gasteiger partial charge in [-0.2, -0.15) is 0 Å². The van der Waals surface area contributed by atoms with Crippen LogP contribution in [0.4, 0.5) is 10.7 Å². The standard InChI is InChI=1S/C13H18N2O4S/c1-6(7-4-5-7)15-11-8(12(16)18-2)9(14)10(20-11)13(17)19-3/h6-7,15H,4-5,14H2,1-3H3. The van der Waals surface area contributed by atoms with E-state index in [4.69, 9.17) is 10.5 Å². The van der Waals surface area contributed by atoms with E-state index >= 15 is 0 Å². The third-order valence-electron chi connectivity index (χ3n) is 3.39. The molecule has 2 rings (SSSR count). The monoisotopic (exact) mass is 298 g/mol. The molecular weight excluding hydrogens is 280 g/mol. The first-order valence-corrected chi connectivity index (χ1v) is 7.16. The fraction of sp³-hybridized carbons (Fsp3) is 0.538. The van der Waals surface area contributed by atoms with Crippen molar-refractivity contribution in [2.45, 2.75) is 25.8 Å². The summed E-state index contributed by atoms with van der Waals surface area (Å²) in [4.78, 5) is 23.8. The average Bonchev–Trinajstić information content (AvgIpc) is 3.23. The summed E-state index contributed by atoms with van der Waals surface area (Å²) in [6, 6.07) is 0.224. The highest BCUT2D eigenvalue weighted by Gasteiger charge is 2.32. The molecule has 0 radical (unpaired) electrons. The molecule has 1 aromatic heterocycles. The first kappa shape index (κ1) is 14.6. The highest BCUT2D eigenvalue weighted by Crippen LogP contribution is 2.40. The molecule has 1 heterocycles. The number of anilines is 2. The summed E-state index contributed by atoms with van der Waals surface area (Å²) in [7, 11) is 2.56. The number of ether oxygens (including phenoxy) is 2. The minimum atomic E-state index is -0.556. The van der Waals surface area contributed by atoms with E-state index in [0.29, 0.717) is 10.9 Å². The Kier molecular flexibility index (Phi) is 4.17. The van der Waals surface area contributed by atoms with E-state index in [2.05, 4.69) is 10.1 Å². The number of nitrogens with one attached hydrogen (secondary N) is 1. The molecule has 1 fully saturated rings. The number of carbonyl (C=O) groups excluding carboxylic acids is 2. The van der Waals surface area contributed by atoms with Crippen molar-refractivity contribution in [3.63, 3.8) is 0 Å². The van der Waals surface area contributed by atoms with Crippen molar-refractivity contribution in [3.8, 4) is 0 Å². The summed E-state index contributed by atoms with van der Waals surface area (Å²) >= 11 is 1.12. The molecule has 1 aromatic rings. The SMILES string of the molecule is COC(=O)c1sc(NC(C)C2CC2)c(C(=O)OC)c1N. The smallest absolute Gasteiger partial charge is 0.350 e. The number of hydrogen-bond donors (Lipinski definition) is 2. The number of hydrogen-bond acceptors (Lipinski definition) is 7. The van der Waals surface area contributed by atoms with Gasteiger partial charge in [-0.1, -0.05) is 0 Å². The zero-order chi connectivity index (χ0) is 14.9. The number of nitrogens with two attached hydrogens (primary N) is 1. The maximum atomic E-state index is 11.9. The molecule has 6 nitrogen and oxygen atoms in total. The number of nitrogen functional groups attached to an aromatic ring is 1. The predicted molar refractivity (Wildman–Crippen MR) is 77.2 cm³/mol. The van der Waals surface area contributed by atoms with E-state index in [1.165, 1.54) is 27.1 Å². The molecule has 3 N–H and O–H groups in total. The van der Waals surface area contributed by atoms with Gasteiger partial charge in [0.05, 0.1) is 19.9 Å². The molecule has 7 heteroatoms. The lowest BCUT2D eigenvalue weighted by Crippen LogP contribution is -2.18. The summed E-state index contributed by atoms with van der Waals surface area (Å²) in [5, 5.41) is 3.82. The molecule has 0 saturated heterocycles. The quantitative estimate of drug-likeness (QED) is 0.809. The van der Waals surface area contributed by atoms with Crippen LogP contribution in [-0.4, -0.2) is 32.2 Å². The highest BCUT2D eigenvalue weighted by molar-refractivity contribution is 7.19. The molecule has 20 heavy (non-hydrogen) atoms. The first-order valence-electron chi connectivity index (χ1n) is 6.35. The second-order valence-corrected chi connectivity index (χ2v) is 5.82. The number of esters is 2. The van der Waals surface area contributed by atoms with Crippen LogP contribution in [0.15, 0.2) is 0 Å². The second kappa shape index (κ2) is 5.70. The molecule has 0 aromatic carbocycles. The zero-order valence-corrected chi connectivity index (χ0v) is 12.5. The third kappa shape index (κ3) is 2.72. The van der Waals surface area contributed by atoms with Crippen LogP contribution < -0.4 is 11.1 Å². The number of thiophene rings is 1. The first-order chi connectivity index (χ1) is 9.49. The largest absolute Gasteiger partial charge is 0.465 e. The summed E-state index contributed by atoms with van der Waals surface area (Å²) in [5.41, 5.74) is 6.22. The van der Waals surface area contributed by atoms with Gasteiger partial charge >= 0.3 is 11.9 Å². The van der Waals surface area contributed by atoms with E-state index in [0.717, 1.165) is 11.3 Å². The van der Waals surface area contributed by atoms with Crippen LogP contribution in [0.1, 0.15) is 39.8 Å². The third-order valence-corrected chi connectivity index (χ3v) is 4.51. The van der Waals surface area contributed by atoms with E-state index in [1.54, 1.807) is 0 Å². The lowest BCUT2D eigenvalue weighted by Gasteiger charge is -2.13. The average molecular weight is 298 g/mol. The zero-order valence-electron chi connectivity index (χ0n) is 11.7. The van der Waals surface area contributed by atoms with Crippen molar-refractivity contribution >= 4 is 34.0 Å². The van der Waals surface area contributed by atoms with Gasteiger partial charge in [0.1, 0.15) is 15.4 Å².